The van der Waals surface area contributed by atoms with Crippen LogP contribution in [0, 0.1) is 17.8 Å². The fraction of sp³-hybridized carbons (Fsp3) is 0.550. The van der Waals surface area contributed by atoms with Crippen LogP contribution in [0.15, 0.2) is 18.2 Å². The normalized spacial score (nSPS) is 16.0. The Morgan fingerprint density at radius 2 is 2.00 bits per heavy atom. The summed E-state index contributed by atoms with van der Waals surface area (Å²) in [6, 6.07) is 5.43. The number of ether oxygens (including phenoxy) is 3. The van der Waals surface area contributed by atoms with Gasteiger partial charge in [-0.25, -0.2) is 0 Å². The van der Waals surface area contributed by atoms with Crippen LogP contribution in [0.25, 0.3) is 0 Å². The van der Waals surface area contributed by atoms with Crippen molar-refractivity contribution in [1.29, 1.82) is 0 Å². The number of carbonyl (C=O) groups excluding carboxylic acids is 1. The van der Waals surface area contributed by atoms with E-state index >= 15 is 0 Å². The molecule has 134 valence electrons. The molecule has 5 nitrogen and oxygen atoms in total. The summed E-state index contributed by atoms with van der Waals surface area (Å²) in [7, 11) is 0. The van der Waals surface area contributed by atoms with Gasteiger partial charge in [-0.05, 0) is 24.5 Å². The van der Waals surface area contributed by atoms with Gasteiger partial charge in [0.1, 0.15) is 12.4 Å². The minimum Gasteiger partial charge on any atom is -0.481 e. The molecule has 0 unspecified atom stereocenters. The van der Waals surface area contributed by atoms with Crippen LogP contribution in [0.4, 0.5) is 0 Å². The van der Waals surface area contributed by atoms with Gasteiger partial charge in [0.2, 0.25) is 12.7 Å². The summed E-state index contributed by atoms with van der Waals surface area (Å²) in [6.07, 6.45) is 8.18. The molecular formula is C20H25NO4. The molecule has 0 aromatic heterocycles. The number of benzene rings is 1. The van der Waals surface area contributed by atoms with Crippen LogP contribution in [-0.2, 0) is 4.79 Å². The minimum atomic E-state index is 0.0940. The number of nitrogens with one attached hydrogen (secondary N) is 1. The Hall–Kier alpha value is -2.35. The van der Waals surface area contributed by atoms with Crippen LogP contribution in [0.2, 0.25) is 0 Å². The van der Waals surface area contributed by atoms with Crippen LogP contribution in [0.5, 0.6) is 17.2 Å². The molecule has 25 heavy (non-hydrogen) atoms. The van der Waals surface area contributed by atoms with Crippen molar-refractivity contribution in [2.45, 2.75) is 44.9 Å². The largest absolute Gasteiger partial charge is 0.481 e. The van der Waals surface area contributed by atoms with Gasteiger partial charge in [-0.1, -0.05) is 43.9 Å². The van der Waals surface area contributed by atoms with Crippen molar-refractivity contribution < 1.29 is 19.0 Å². The number of hydrogen-bond acceptors (Lipinski definition) is 4. The molecule has 1 aromatic rings. The average Bonchev–Trinajstić information content (AvgIpc) is 3.11. The van der Waals surface area contributed by atoms with Gasteiger partial charge in [-0.3, -0.25) is 4.79 Å². The molecule has 2 aliphatic rings. The SMILES string of the molecule is O=C(CCC1CCCCC1)NCC#CCOc1ccc2c(c1)OCO2. The summed E-state index contributed by atoms with van der Waals surface area (Å²) in [6.45, 7) is 0.893. The lowest BCUT2D eigenvalue weighted by Gasteiger charge is -2.20. The van der Waals surface area contributed by atoms with Crippen LogP contribution < -0.4 is 19.5 Å². The van der Waals surface area contributed by atoms with Gasteiger partial charge in [-0.2, -0.15) is 0 Å². The Bertz CT molecular complexity index is 641. The molecule has 1 aliphatic carbocycles. The molecule has 0 spiro atoms. The van der Waals surface area contributed by atoms with E-state index in [2.05, 4.69) is 17.2 Å². The van der Waals surface area contributed by atoms with E-state index in [9.17, 15) is 4.79 Å². The first kappa shape index (κ1) is 17.5. The number of rotatable bonds is 6. The van der Waals surface area contributed by atoms with E-state index in [1.165, 1.54) is 32.1 Å². The lowest BCUT2D eigenvalue weighted by Crippen LogP contribution is -2.24. The first-order valence-corrected chi connectivity index (χ1v) is 9.06. The third-order valence-electron chi connectivity index (χ3n) is 4.66. The highest BCUT2D eigenvalue weighted by molar-refractivity contribution is 5.76. The van der Waals surface area contributed by atoms with Gasteiger partial charge in [-0.15, -0.1) is 0 Å². The monoisotopic (exact) mass is 343 g/mol. The molecular weight excluding hydrogens is 318 g/mol. The zero-order valence-electron chi connectivity index (χ0n) is 14.5. The van der Waals surface area contributed by atoms with Gasteiger partial charge < -0.3 is 19.5 Å². The van der Waals surface area contributed by atoms with E-state index in [0.29, 0.717) is 24.5 Å². The number of amides is 1. The second kappa shape index (κ2) is 9.22. The number of carbonyl (C=O) groups is 1. The number of hydrogen-bond donors (Lipinski definition) is 1. The second-order valence-corrected chi connectivity index (χ2v) is 6.48. The van der Waals surface area contributed by atoms with Crippen molar-refractivity contribution in [2.75, 3.05) is 19.9 Å². The smallest absolute Gasteiger partial charge is 0.231 e. The molecule has 1 amide bonds. The van der Waals surface area contributed by atoms with Crippen LogP contribution in [0.1, 0.15) is 44.9 Å². The average molecular weight is 343 g/mol. The van der Waals surface area contributed by atoms with Crippen molar-refractivity contribution in [3.8, 4) is 29.1 Å². The summed E-state index contributed by atoms with van der Waals surface area (Å²) in [4.78, 5) is 11.8. The lowest BCUT2D eigenvalue weighted by molar-refractivity contribution is -0.121. The van der Waals surface area contributed by atoms with E-state index in [1.807, 2.05) is 12.1 Å². The molecule has 0 atom stereocenters. The molecule has 1 aliphatic heterocycles. The van der Waals surface area contributed by atoms with Crippen molar-refractivity contribution in [1.82, 2.24) is 5.32 Å². The Labute approximate surface area is 149 Å². The molecule has 1 aromatic carbocycles. The first-order chi connectivity index (χ1) is 12.3. The third-order valence-corrected chi connectivity index (χ3v) is 4.66. The van der Waals surface area contributed by atoms with Crippen molar-refractivity contribution >= 4 is 5.91 Å². The van der Waals surface area contributed by atoms with Crippen molar-refractivity contribution in [2.24, 2.45) is 5.92 Å². The molecule has 0 radical (unpaired) electrons. The molecule has 1 fully saturated rings. The Balaban J connectivity index is 1.28. The fourth-order valence-electron chi connectivity index (χ4n) is 3.24. The standard InChI is InChI=1S/C20H25NO4/c22-20(11-8-16-6-2-1-3-7-16)21-12-4-5-13-23-17-9-10-18-19(14-17)25-15-24-18/h9-10,14,16H,1-3,6-8,11-13,15H2,(H,21,22). The molecule has 0 bridgehead atoms. The molecule has 1 N–H and O–H groups in total. The predicted molar refractivity (Wildman–Crippen MR) is 94.7 cm³/mol. The van der Waals surface area contributed by atoms with E-state index in [-0.39, 0.29) is 19.3 Å². The molecule has 3 rings (SSSR count). The number of fused-ring (bicyclic) bond motifs is 1. The Kier molecular flexibility index (Phi) is 6.44. The third kappa shape index (κ3) is 5.60. The maximum atomic E-state index is 11.8. The zero-order chi connectivity index (χ0) is 17.3. The topological polar surface area (TPSA) is 56.8 Å². The van der Waals surface area contributed by atoms with Gasteiger partial charge in [0, 0.05) is 12.5 Å². The highest BCUT2D eigenvalue weighted by atomic mass is 16.7. The van der Waals surface area contributed by atoms with E-state index < -0.39 is 0 Å². The summed E-state index contributed by atoms with van der Waals surface area (Å²) < 4.78 is 16.1. The van der Waals surface area contributed by atoms with Crippen LogP contribution >= 0.6 is 0 Å². The summed E-state index contributed by atoms with van der Waals surface area (Å²) in [5.41, 5.74) is 0. The maximum Gasteiger partial charge on any atom is 0.231 e. The Morgan fingerprint density at radius 3 is 2.88 bits per heavy atom. The zero-order valence-corrected chi connectivity index (χ0v) is 14.5. The van der Waals surface area contributed by atoms with Gasteiger partial charge in [0.05, 0.1) is 6.54 Å². The van der Waals surface area contributed by atoms with Gasteiger partial charge in [0.15, 0.2) is 11.5 Å². The van der Waals surface area contributed by atoms with E-state index in [1.54, 1.807) is 6.07 Å². The first-order valence-electron chi connectivity index (χ1n) is 9.06. The van der Waals surface area contributed by atoms with Gasteiger partial charge in [0.25, 0.3) is 0 Å². The molecule has 1 heterocycles. The molecule has 1 saturated carbocycles. The Morgan fingerprint density at radius 1 is 1.16 bits per heavy atom. The lowest BCUT2D eigenvalue weighted by atomic mass is 9.86. The van der Waals surface area contributed by atoms with E-state index in [4.69, 9.17) is 14.2 Å². The fourth-order valence-corrected chi connectivity index (χ4v) is 3.24. The summed E-state index contributed by atoms with van der Waals surface area (Å²) >= 11 is 0. The second-order valence-electron chi connectivity index (χ2n) is 6.48. The quantitative estimate of drug-likeness (QED) is 0.806. The summed E-state index contributed by atoms with van der Waals surface area (Å²) in [5, 5.41) is 2.85. The maximum absolute atomic E-state index is 11.8. The highest BCUT2D eigenvalue weighted by Gasteiger charge is 2.14. The van der Waals surface area contributed by atoms with E-state index in [0.717, 1.165) is 18.1 Å². The minimum absolute atomic E-state index is 0.0940. The highest BCUT2D eigenvalue weighted by Crippen LogP contribution is 2.35. The molecule has 5 heteroatoms. The van der Waals surface area contributed by atoms with Crippen LogP contribution in [0.3, 0.4) is 0 Å². The summed E-state index contributed by atoms with van der Waals surface area (Å²) in [5.74, 6) is 8.76. The van der Waals surface area contributed by atoms with Crippen LogP contribution in [-0.4, -0.2) is 25.9 Å². The molecule has 0 saturated heterocycles. The van der Waals surface area contributed by atoms with Gasteiger partial charge >= 0.3 is 0 Å². The van der Waals surface area contributed by atoms with Crippen molar-refractivity contribution in [3.63, 3.8) is 0 Å². The van der Waals surface area contributed by atoms with Crippen molar-refractivity contribution in [3.05, 3.63) is 18.2 Å². The predicted octanol–water partition coefficient (Wildman–Crippen LogP) is 3.27.